The van der Waals surface area contributed by atoms with Gasteiger partial charge in [-0.3, -0.25) is 0 Å². The zero-order valence-corrected chi connectivity index (χ0v) is 9.85. The molecule has 1 aliphatic heterocycles. The molecule has 0 amide bonds. The Kier molecular flexibility index (Phi) is 3.78. The van der Waals surface area contributed by atoms with Crippen molar-refractivity contribution in [3.8, 4) is 0 Å². The van der Waals surface area contributed by atoms with Crippen LogP contribution in [0.15, 0.2) is 6.07 Å². The van der Waals surface area contributed by atoms with Gasteiger partial charge < -0.3 is 5.32 Å². The smallest absolute Gasteiger partial charge is 0.170 e. The Hall–Kier alpha value is -0.380. The van der Waals surface area contributed by atoms with E-state index in [1.54, 1.807) is 0 Å². The van der Waals surface area contributed by atoms with Gasteiger partial charge in [-0.25, -0.2) is 0 Å². The Labute approximate surface area is 99.2 Å². The molecule has 0 bridgehead atoms. The average molecular weight is 246 g/mol. The molecule has 3 nitrogen and oxygen atoms in total. The second kappa shape index (κ2) is 5.10. The molecule has 0 saturated carbocycles. The molecule has 0 aromatic carbocycles. The van der Waals surface area contributed by atoms with Gasteiger partial charge in [0.2, 0.25) is 0 Å². The fourth-order valence-corrected chi connectivity index (χ4v) is 2.13. The van der Waals surface area contributed by atoms with E-state index in [1.807, 2.05) is 6.07 Å². The molecule has 0 radical (unpaired) electrons. The van der Waals surface area contributed by atoms with E-state index >= 15 is 0 Å². The van der Waals surface area contributed by atoms with Crippen molar-refractivity contribution in [2.75, 3.05) is 13.1 Å². The zero-order chi connectivity index (χ0) is 10.7. The van der Waals surface area contributed by atoms with Crippen molar-refractivity contribution in [3.63, 3.8) is 0 Å². The van der Waals surface area contributed by atoms with E-state index < -0.39 is 0 Å². The monoisotopic (exact) mass is 245 g/mol. The van der Waals surface area contributed by atoms with Gasteiger partial charge in [0.25, 0.3) is 0 Å². The van der Waals surface area contributed by atoms with E-state index in [2.05, 4.69) is 15.5 Å². The molecule has 1 aromatic rings. The molecule has 15 heavy (non-hydrogen) atoms. The van der Waals surface area contributed by atoms with Crippen LogP contribution < -0.4 is 5.32 Å². The van der Waals surface area contributed by atoms with Crippen molar-refractivity contribution in [1.29, 1.82) is 0 Å². The molecule has 1 N–H and O–H groups in total. The molecule has 0 spiro atoms. The molecule has 82 valence electrons. The van der Waals surface area contributed by atoms with Crippen LogP contribution in [0.5, 0.6) is 0 Å². The normalized spacial score (nSPS) is 18.0. The lowest BCUT2D eigenvalue weighted by molar-refractivity contribution is 0.369. The maximum absolute atomic E-state index is 5.88. The first kappa shape index (κ1) is 11.1. The number of nitrogens with zero attached hydrogens (tertiary/aromatic N) is 2. The lowest BCUT2D eigenvalue weighted by Crippen LogP contribution is -2.28. The summed E-state index contributed by atoms with van der Waals surface area (Å²) in [7, 11) is 0. The molecule has 1 saturated heterocycles. The summed E-state index contributed by atoms with van der Waals surface area (Å²) in [6, 6.07) is 1.82. The largest absolute Gasteiger partial charge is 0.317 e. The lowest BCUT2D eigenvalue weighted by atomic mass is 9.93. The third-order valence-electron chi connectivity index (χ3n) is 2.71. The van der Waals surface area contributed by atoms with Crippen LogP contribution in [0.25, 0.3) is 0 Å². The second-order valence-electron chi connectivity index (χ2n) is 3.87. The van der Waals surface area contributed by atoms with Crippen LogP contribution in [-0.4, -0.2) is 23.3 Å². The molecule has 2 heterocycles. The van der Waals surface area contributed by atoms with Crippen molar-refractivity contribution in [1.82, 2.24) is 15.5 Å². The van der Waals surface area contributed by atoms with Crippen LogP contribution >= 0.6 is 23.2 Å². The molecule has 1 aromatic heterocycles. The number of piperidine rings is 1. The minimum Gasteiger partial charge on any atom is -0.317 e. The van der Waals surface area contributed by atoms with Crippen molar-refractivity contribution >= 4 is 23.2 Å². The predicted molar refractivity (Wildman–Crippen MR) is 61.3 cm³/mol. The fourth-order valence-electron chi connectivity index (χ4n) is 1.87. The Balaban J connectivity index is 2.00. The third-order valence-corrected chi connectivity index (χ3v) is 3.38. The second-order valence-corrected chi connectivity index (χ2v) is 4.64. The molecule has 5 heteroatoms. The average Bonchev–Trinajstić information content (AvgIpc) is 2.25. The zero-order valence-electron chi connectivity index (χ0n) is 8.34. The van der Waals surface area contributed by atoms with Gasteiger partial charge in [0.15, 0.2) is 5.15 Å². The topological polar surface area (TPSA) is 37.8 Å². The van der Waals surface area contributed by atoms with Gasteiger partial charge in [0.05, 0.1) is 10.7 Å². The van der Waals surface area contributed by atoms with E-state index in [0.717, 1.165) is 25.2 Å². The summed E-state index contributed by atoms with van der Waals surface area (Å²) in [6.45, 7) is 2.19. The number of rotatable bonds is 2. The molecule has 0 aliphatic carbocycles. The first-order chi connectivity index (χ1) is 7.25. The fraction of sp³-hybridized carbons (Fsp3) is 0.600. The summed E-state index contributed by atoms with van der Waals surface area (Å²) in [5, 5.41) is 12.0. The molecule has 2 rings (SSSR count). The number of aromatic nitrogens is 2. The third kappa shape index (κ3) is 3.03. The summed E-state index contributed by atoms with van der Waals surface area (Å²) in [6.07, 6.45) is 3.34. The van der Waals surface area contributed by atoms with Gasteiger partial charge >= 0.3 is 0 Å². The van der Waals surface area contributed by atoms with Crippen molar-refractivity contribution in [2.45, 2.75) is 19.3 Å². The van der Waals surface area contributed by atoms with Gasteiger partial charge in [-0.2, -0.15) is 5.10 Å². The van der Waals surface area contributed by atoms with Crippen LogP contribution in [0.3, 0.4) is 0 Å². The maximum Gasteiger partial charge on any atom is 0.170 e. The van der Waals surface area contributed by atoms with Crippen LogP contribution in [0, 0.1) is 5.92 Å². The van der Waals surface area contributed by atoms with Gasteiger partial charge in [0.1, 0.15) is 0 Å². The van der Waals surface area contributed by atoms with E-state index in [1.165, 1.54) is 12.8 Å². The highest BCUT2D eigenvalue weighted by Crippen LogP contribution is 2.22. The standard InChI is InChI=1S/C10H13Cl2N3/c11-9-6-8(14-15-10(9)12)5-7-1-3-13-4-2-7/h6-7,13H,1-5H2. The van der Waals surface area contributed by atoms with Crippen molar-refractivity contribution in [2.24, 2.45) is 5.92 Å². The maximum atomic E-state index is 5.88. The van der Waals surface area contributed by atoms with Crippen molar-refractivity contribution < 1.29 is 0 Å². The summed E-state index contributed by atoms with van der Waals surface area (Å²) >= 11 is 11.6. The van der Waals surface area contributed by atoms with Crippen LogP contribution in [0.2, 0.25) is 10.2 Å². The van der Waals surface area contributed by atoms with Crippen LogP contribution in [-0.2, 0) is 6.42 Å². The molecular formula is C10H13Cl2N3. The number of hydrogen-bond donors (Lipinski definition) is 1. The molecule has 0 atom stereocenters. The van der Waals surface area contributed by atoms with Crippen LogP contribution in [0.4, 0.5) is 0 Å². The number of nitrogens with one attached hydrogen (secondary N) is 1. The SMILES string of the molecule is Clc1cc(CC2CCNCC2)nnc1Cl. The summed E-state index contributed by atoms with van der Waals surface area (Å²) < 4.78 is 0. The highest BCUT2D eigenvalue weighted by molar-refractivity contribution is 6.41. The van der Waals surface area contributed by atoms with E-state index in [9.17, 15) is 0 Å². The summed E-state index contributed by atoms with van der Waals surface area (Å²) in [5.74, 6) is 0.692. The Morgan fingerprint density at radius 3 is 2.67 bits per heavy atom. The first-order valence-corrected chi connectivity index (χ1v) is 5.89. The first-order valence-electron chi connectivity index (χ1n) is 5.14. The lowest BCUT2D eigenvalue weighted by Gasteiger charge is -2.21. The molecular weight excluding hydrogens is 233 g/mol. The van der Waals surface area contributed by atoms with Gasteiger partial charge in [-0.05, 0) is 44.3 Å². The minimum absolute atomic E-state index is 0.283. The minimum atomic E-state index is 0.283. The quantitative estimate of drug-likeness (QED) is 0.870. The molecule has 0 unspecified atom stereocenters. The Morgan fingerprint density at radius 1 is 1.27 bits per heavy atom. The van der Waals surface area contributed by atoms with Gasteiger partial charge in [0, 0.05) is 0 Å². The van der Waals surface area contributed by atoms with Gasteiger partial charge in [-0.15, -0.1) is 5.10 Å². The summed E-state index contributed by atoms with van der Waals surface area (Å²) in [5.41, 5.74) is 0.941. The van der Waals surface area contributed by atoms with E-state index in [4.69, 9.17) is 23.2 Å². The Bertz CT molecular complexity index is 337. The summed E-state index contributed by atoms with van der Waals surface area (Å²) in [4.78, 5) is 0. The van der Waals surface area contributed by atoms with Crippen LogP contribution in [0.1, 0.15) is 18.5 Å². The van der Waals surface area contributed by atoms with E-state index in [0.29, 0.717) is 10.9 Å². The number of hydrogen-bond acceptors (Lipinski definition) is 3. The molecule has 1 aliphatic rings. The van der Waals surface area contributed by atoms with Gasteiger partial charge in [-0.1, -0.05) is 23.2 Å². The van der Waals surface area contributed by atoms with E-state index in [-0.39, 0.29) is 5.15 Å². The highest BCUT2D eigenvalue weighted by Gasteiger charge is 2.15. The number of halogens is 2. The Morgan fingerprint density at radius 2 is 2.00 bits per heavy atom. The van der Waals surface area contributed by atoms with Crippen molar-refractivity contribution in [3.05, 3.63) is 21.9 Å². The highest BCUT2D eigenvalue weighted by atomic mass is 35.5. The predicted octanol–water partition coefficient (Wildman–Crippen LogP) is 2.33. The molecule has 1 fully saturated rings.